The molecule has 1 amide bonds. The topological polar surface area (TPSA) is 76.8 Å². The molecule has 0 aliphatic carbocycles. The third kappa shape index (κ3) is 2.83. The van der Waals surface area contributed by atoms with Gasteiger partial charge in [0.1, 0.15) is 6.04 Å². The fourth-order valence-electron chi connectivity index (χ4n) is 2.09. The van der Waals surface area contributed by atoms with Crippen molar-refractivity contribution in [2.75, 3.05) is 13.2 Å². The number of hydrogen-bond donors (Lipinski definition) is 0. The third-order valence-electron chi connectivity index (χ3n) is 3.00. The number of carbonyl (C=O) groups is 3. The lowest BCUT2D eigenvalue weighted by molar-refractivity contribution is -0.151. The number of ketones is 1. The van der Waals surface area contributed by atoms with Crippen molar-refractivity contribution in [2.24, 2.45) is 0 Å². The van der Waals surface area contributed by atoms with Crippen LogP contribution in [0.25, 0.3) is 0 Å². The first-order valence-corrected chi connectivity index (χ1v) is 6.16. The fourth-order valence-corrected chi connectivity index (χ4v) is 2.09. The van der Waals surface area contributed by atoms with Gasteiger partial charge in [-0.2, -0.15) is 0 Å². The molecule has 1 aromatic heterocycles. The van der Waals surface area contributed by atoms with Gasteiger partial charge in [-0.25, -0.2) is 4.79 Å². The molecule has 1 saturated heterocycles. The molecule has 0 saturated carbocycles. The molecule has 1 aromatic rings. The highest BCUT2D eigenvalue weighted by atomic mass is 16.5. The molecule has 0 N–H and O–H groups in total. The van der Waals surface area contributed by atoms with E-state index in [4.69, 9.17) is 9.15 Å². The van der Waals surface area contributed by atoms with Gasteiger partial charge in [-0.05, 0) is 25.5 Å². The molecule has 1 aliphatic heterocycles. The van der Waals surface area contributed by atoms with E-state index in [0.717, 1.165) is 0 Å². The van der Waals surface area contributed by atoms with Crippen LogP contribution in [0.3, 0.4) is 0 Å². The van der Waals surface area contributed by atoms with Gasteiger partial charge in [-0.3, -0.25) is 9.59 Å². The molecule has 0 bridgehead atoms. The van der Waals surface area contributed by atoms with E-state index in [9.17, 15) is 14.4 Å². The van der Waals surface area contributed by atoms with Crippen LogP contribution in [-0.2, 0) is 14.3 Å². The highest BCUT2D eigenvalue weighted by Crippen LogP contribution is 2.20. The Morgan fingerprint density at radius 3 is 2.95 bits per heavy atom. The maximum atomic E-state index is 11.9. The first kappa shape index (κ1) is 13.3. The first-order chi connectivity index (χ1) is 9.13. The summed E-state index contributed by atoms with van der Waals surface area (Å²) in [4.78, 5) is 36.6. The Morgan fingerprint density at radius 2 is 2.32 bits per heavy atom. The van der Waals surface area contributed by atoms with Gasteiger partial charge in [0.25, 0.3) is 0 Å². The summed E-state index contributed by atoms with van der Waals surface area (Å²) in [6, 6.07) is 2.47. The Kier molecular flexibility index (Phi) is 3.99. The van der Waals surface area contributed by atoms with Crippen LogP contribution in [0.5, 0.6) is 0 Å². The van der Waals surface area contributed by atoms with Crippen LogP contribution in [-0.4, -0.2) is 41.8 Å². The number of esters is 1. The van der Waals surface area contributed by atoms with E-state index in [1.54, 1.807) is 13.0 Å². The number of amides is 1. The molecule has 6 nitrogen and oxygen atoms in total. The molecule has 6 heteroatoms. The van der Waals surface area contributed by atoms with Crippen molar-refractivity contribution in [2.45, 2.75) is 25.8 Å². The van der Waals surface area contributed by atoms with E-state index in [1.807, 2.05) is 0 Å². The smallest absolute Gasteiger partial charge is 0.328 e. The average Bonchev–Trinajstić information content (AvgIpc) is 3.01. The molecule has 1 aliphatic rings. The molecule has 0 spiro atoms. The molecule has 1 unspecified atom stereocenters. The molecule has 102 valence electrons. The van der Waals surface area contributed by atoms with E-state index in [-0.39, 0.29) is 37.0 Å². The zero-order valence-corrected chi connectivity index (χ0v) is 10.6. The lowest BCUT2D eigenvalue weighted by Gasteiger charge is -2.21. The van der Waals surface area contributed by atoms with Crippen molar-refractivity contribution in [3.8, 4) is 0 Å². The van der Waals surface area contributed by atoms with E-state index in [0.29, 0.717) is 6.42 Å². The minimum Gasteiger partial charge on any atom is -0.464 e. The second-order valence-corrected chi connectivity index (χ2v) is 4.23. The van der Waals surface area contributed by atoms with Crippen LogP contribution in [0.4, 0.5) is 0 Å². The summed E-state index contributed by atoms with van der Waals surface area (Å²) in [6.07, 6.45) is 2.04. The Labute approximate surface area is 110 Å². The first-order valence-electron chi connectivity index (χ1n) is 6.16. The molecular weight excluding hydrogens is 250 g/mol. The fraction of sp³-hybridized carbons (Fsp3) is 0.462. The third-order valence-corrected chi connectivity index (χ3v) is 3.00. The Hall–Kier alpha value is -2.11. The lowest BCUT2D eigenvalue weighted by Crippen LogP contribution is -2.42. The normalized spacial score (nSPS) is 18.7. The SMILES string of the molecule is CCOC(=O)C1CCC(=O)N1CC(=O)c1ccco1. The van der Waals surface area contributed by atoms with Crippen LogP contribution >= 0.6 is 0 Å². The summed E-state index contributed by atoms with van der Waals surface area (Å²) < 4.78 is 9.89. The number of nitrogens with zero attached hydrogens (tertiary/aromatic N) is 1. The number of furan rings is 1. The average molecular weight is 265 g/mol. The zero-order chi connectivity index (χ0) is 13.8. The van der Waals surface area contributed by atoms with Crippen molar-refractivity contribution in [3.05, 3.63) is 24.2 Å². The highest BCUT2D eigenvalue weighted by molar-refractivity contribution is 5.99. The number of likely N-dealkylation sites (tertiary alicyclic amines) is 1. The summed E-state index contributed by atoms with van der Waals surface area (Å²) in [6.45, 7) is 1.80. The zero-order valence-electron chi connectivity index (χ0n) is 10.6. The Morgan fingerprint density at radius 1 is 1.53 bits per heavy atom. The number of carbonyl (C=O) groups excluding carboxylic acids is 3. The van der Waals surface area contributed by atoms with Crippen molar-refractivity contribution >= 4 is 17.7 Å². The Balaban J connectivity index is 2.06. The van der Waals surface area contributed by atoms with E-state index in [2.05, 4.69) is 0 Å². The van der Waals surface area contributed by atoms with Crippen LogP contribution in [0.2, 0.25) is 0 Å². The minimum absolute atomic E-state index is 0.157. The predicted octanol–water partition coefficient (Wildman–Crippen LogP) is 1.02. The largest absolute Gasteiger partial charge is 0.464 e. The summed E-state index contributed by atoms with van der Waals surface area (Å²) in [5.41, 5.74) is 0. The second-order valence-electron chi connectivity index (χ2n) is 4.23. The molecular formula is C13H15NO5. The highest BCUT2D eigenvalue weighted by Gasteiger charge is 2.38. The van der Waals surface area contributed by atoms with Crippen molar-refractivity contribution in [3.63, 3.8) is 0 Å². The van der Waals surface area contributed by atoms with Gasteiger partial charge in [0.2, 0.25) is 11.7 Å². The van der Waals surface area contributed by atoms with Crippen LogP contribution in [0.1, 0.15) is 30.3 Å². The molecule has 0 radical (unpaired) electrons. The van der Waals surface area contributed by atoms with Gasteiger partial charge in [0.05, 0.1) is 19.4 Å². The monoisotopic (exact) mass is 265 g/mol. The minimum atomic E-state index is -0.661. The molecule has 2 heterocycles. The van der Waals surface area contributed by atoms with E-state index in [1.165, 1.54) is 17.2 Å². The second kappa shape index (κ2) is 5.69. The molecule has 1 atom stereocenters. The maximum Gasteiger partial charge on any atom is 0.328 e. The predicted molar refractivity (Wildman–Crippen MR) is 64.4 cm³/mol. The van der Waals surface area contributed by atoms with Gasteiger partial charge in [0.15, 0.2) is 5.76 Å². The van der Waals surface area contributed by atoms with E-state index >= 15 is 0 Å². The number of hydrogen-bond acceptors (Lipinski definition) is 5. The van der Waals surface area contributed by atoms with Gasteiger partial charge in [-0.1, -0.05) is 0 Å². The van der Waals surface area contributed by atoms with Gasteiger partial charge in [0, 0.05) is 6.42 Å². The number of ether oxygens (including phenoxy) is 1. The number of rotatable bonds is 5. The summed E-state index contributed by atoms with van der Waals surface area (Å²) in [5, 5.41) is 0. The number of Topliss-reactive ketones (excluding diaryl/α,β-unsaturated/α-hetero) is 1. The van der Waals surface area contributed by atoms with Gasteiger partial charge < -0.3 is 14.1 Å². The lowest BCUT2D eigenvalue weighted by atomic mass is 10.2. The standard InChI is InChI=1S/C13H15NO5/c1-2-18-13(17)9-5-6-12(16)14(9)8-10(15)11-4-3-7-19-11/h3-4,7,9H,2,5-6,8H2,1H3. The molecule has 1 fully saturated rings. The van der Waals surface area contributed by atoms with Crippen LogP contribution < -0.4 is 0 Å². The quantitative estimate of drug-likeness (QED) is 0.586. The molecule has 19 heavy (non-hydrogen) atoms. The van der Waals surface area contributed by atoms with Gasteiger partial charge in [-0.15, -0.1) is 0 Å². The summed E-state index contributed by atoms with van der Waals surface area (Å²) in [7, 11) is 0. The summed E-state index contributed by atoms with van der Waals surface area (Å²) >= 11 is 0. The van der Waals surface area contributed by atoms with Crippen molar-refractivity contribution in [1.29, 1.82) is 0 Å². The van der Waals surface area contributed by atoms with Crippen LogP contribution in [0, 0.1) is 0 Å². The van der Waals surface area contributed by atoms with Crippen molar-refractivity contribution < 1.29 is 23.5 Å². The molecule has 2 rings (SSSR count). The summed E-state index contributed by atoms with van der Waals surface area (Å²) in [5.74, 6) is -0.810. The van der Waals surface area contributed by atoms with E-state index < -0.39 is 12.0 Å². The molecule has 0 aromatic carbocycles. The Bertz CT molecular complexity index is 479. The van der Waals surface area contributed by atoms with Gasteiger partial charge >= 0.3 is 5.97 Å². The van der Waals surface area contributed by atoms with Crippen LogP contribution in [0.15, 0.2) is 22.8 Å². The van der Waals surface area contributed by atoms with Crippen molar-refractivity contribution in [1.82, 2.24) is 4.90 Å². The maximum absolute atomic E-state index is 11.9.